The van der Waals surface area contributed by atoms with Gasteiger partial charge in [-0.3, -0.25) is 14.9 Å². The largest absolute Gasteiger partial charge is 0.451 e. The van der Waals surface area contributed by atoms with Crippen LogP contribution in [0.25, 0.3) is 10.2 Å². The highest BCUT2D eigenvalue weighted by atomic mass is 32.1. The van der Waals surface area contributed by atoms with E-state index in [1.165, 1.54) is 36.5 Å². The van der Waals surface area contributed by atoms with Crippen molar-refractivity contribution in [3.63, 3.8) is 0 Å². The second kappa shape index (κ2) is 6.92. The first-order chi connectivity index (χ1) is 12.7. The molecule has 2 heterocycles. The molecule has 0 fully saturated rings. The van der Waals surface area contributed by atoms with E-state index in [9.17, 15) is 19.7 Å². The van der Waals surface area contributed by atoms with Gasteiger partial charge < -0.3 is 9.72 Å². The number of aromatic nitrogens is 2. The number of nitro groups is 1. The SMILES string of the molecule is Cc1sc2nc([C@@H](C)OC(=O)c3cccc([N+](=O)[O-])c3C)[nH]c(=O)c2c1C. The normalized spacial score (nSPS) is 12.1. The number of H-pyrrole nitrogens is 1. The van der Waals surface area contributed by atoms with Crippen LogP contribution in [0.5, 0.6) is 0 Å². The van der Waals surface area contributed by atoms with Crippen molar-refractivity contribution in [1.82, 2.24) is 9.97 Å². The van der Waals surface area contributed by atoms with Crippen LogP contribution in [0.15, 0.2) is 23.0 Å². The number of benzene rings is 1. The Hall–Kier alpha value is -3.07. The molecule has 0 saturated carbocycles. The van der Waals surface area contributed by atoms with Gasteiger partial charge in [0.2, 0.25) is 0 Å². The van der Waals surface area contributed by atoms with Gasteiger partial charge in [-0.1, -0.05) is 6.07 Å². The number of fused-ring (bicyclic) bond motifs is 1. The van der Waals surface area contributed by atoms with Gasteiger partial charge in [-0.25, -0.2) is 9.78 Å². The Kier molecular flexibility index (Phi) is 4.79. The van der Waals surface area contributed by atoms with E-state index in [-0.39, 0.29) is 28.2 Å². The van der Waals surface area contributed by atoms with Gasteiger partial charge in [-0.05, 0) is 39.3 Å². The number of carbonyl (C=O) groups excluding carboxylic acids is 1. The minimum atomic E-state index is -0.823. The zero-order valence-corrected chi connectivity index (χ0v) is 16.0. The van der Waals surface area contributed by atoms with E-state index in [2.05, 4.69) is 9.97 Å². The number of ether oxygens (including phenoxy) is 1. The number of rotatable bonds is 4. The van der Waals surface area contributed by atoms with Gasteiger partial charge in [0.1, 0.15) is 4.83 Å². The molecule has 1 aromatic carbocycles. The second-order valence-electron chi connectivity index (χ2n) is 6.17. The van der Waals surface area contributed by atoms with Gasteiger partial charge in [-0.15, -0.1) is 11.3 Å². The fraction of sp³-hybridized carbons (Fsp3) is 0.278. The van der Waals surface area contributed by atoms with E-state index in [1.807, 2.05) is 13.8 Å². The molecular weight excluding hydrogens is 370 g/mol. The molecule has 0 saturated heterocycles. The first-order valence-electron chi connectivity index (χ1n) is 8.15. The molecule has 1 N–H and O–H groups in total. The van der Waals surface area contributed by atoms with Crippen LogP contribution in [0.1, 0.15) is 45.2 Å². The average molecular weight is 387 g/mol. The molecule has 0 aliphatic rings. The third-order valence-electron chi connectivity index (χ3n) is 4.45. The van der Waals surface area contributed by atoms with Crippen molar-refractivity contribution in [3.8, 4) is 0 Å². The third kappa shape index (κ3) is 3.33. The number of thiophene rings is 1. The van der Waals surface area contributed by atoms with Gasteiger partial charge in [-0.2, -0.15) is 0 Å². The molecule has 9 heteroatoms. The summed E-state index contributed by atoms with van der Waals surface area (Å²) in [6.45, 7) is 6.85. The van der Waals surface area contributed by atoms with Crippen molar-refractivity contribution in [3.05, 3.63) is 66.1 Å². The number of hydrogen-bond donors (Lipinski definition) is 1. The molecule has 3 aromatic rings. The van der Waals surface area contributed by atoms with E-state index in [4.69, 9.17) is 4.74 Å². The number of carbonyl (C=O) groups is 1. The molecule has 140 valence electrons. The summed E-state index contributed by atoms with van der Waals surface area (Å²) in [7, 11) is 0. The van der Waals surface area contributed by atoms with Gasteiger partial charge in [0.15, 0.2) is 11.9 Å². The average Bonchev–Trinajstić information content (AvgIpc) is 2.89. The number of nitrogens with one attached hydrogen (secondary N) is 1. The van der Waals surface area contributed by atoms with Crippen LogP contribution in [0.2, 0.25) is 0 Å². The molecule has 0 radical (unpaired) electrons. The lowest BCUT2D eigenvalue weighted by Crippen LogP contribution is -2.17. The minimum Gasteiger partial charge on any atom is -0.451 e. The molecule has 27 heavy (non-hydrogen) atoms. The lowest BCUT2D eigenvalue weighted by Gasteiger charge is -2.13. The molecule has 0 unspecified atom stereocenters. The highest BCUT2D eigenvalue weighted by Crippen LogP contribution is 2.28. The Labute approximate surface area is 158 Å². The molecule has 0 spiro atoms. The number of nitrogens with zero attached hydrogens (tertiary/aromatic N) is 2. The molecule has 1 atom stereocenters. The summed E-state index contributed by atoms with van der Waals surface area (Å²) in [5.41, 5.74) is 0.761. The lowest BCUT2D eigenvalue weighted by atomic mass is 10.1. The summed E-state index contributed by atoms with van der Waals surface area (Å²) >= 11 is 1.40. The monoisotopic (exact) mass is 387 g/mol. The molecule has 0 bridgehead atoms. The number of nitro benzene ring substituents is 1. The number of esters is 1. The summed E-state index contributed by atoms with van der Waals surface area (Å²) in [5, 5.41) is 11.6. The molecule has 8 nitrogen and oxygen atoms in total. The molecule has 2 aromatic heterocycles. The van der Waals surface area contributed by atoms with Gasteiger partial charge in [0, 0.05) is 16.5 Å². The number of aromatic amines is 1. The van der Waals surface area contributed by atoms with Crippen molar-refractivity contribution >= 4 is 33.2 Å². The molecule has 0 aliphatic carbocycles. The minimum absolute atomic E-state index is 0.0993. The Morgan fingerprint density at radius 2 is 2.00 bits per heavy atom. The maximum atomic E-state index is 12.5. The second-order valence-corrected chi connectivity index (χ2v) is 7.37. The van der Waals surface area contributed by atoms with Crippen molar-refractivity contribution in [2.24, 2.45) is 0 Å². The Morgan fingerprint density at radius 3 is 2.67 bits per heavy atom. The van der Waals surface area contributed by atoms with E-state index in [0.29, 0.717) is 10.2 Å². The van der Waals surface area contributed by atoms with Crippen LogP contribution in [0.4, 0.5) is 5.69 Å². The topological polar surface area (TPSA) is 115 Å². The zero-order valence-electron chi connectivity index (χ0n) is 15.2. The first kappa shape index (κ1) is 18.7. The zero-order chi connectivity index (χ0) is 19.9. The summed E-state index contributed by atoms with van der Waals surface area (Å²) in [6, 6.07) is 4.21. The van der Waals surface area contributed by atoms with Crippen LogP contribution in [0.3, 0.4) is 0 Å². The molecular formula is C18H17N3O5S. The molecule has 0 amide bonds. The molecule has 3 rings (SSSR count). The van der Waals surface area contributed by atoms with Crippen LogP contribution in [-0.2, 0) is 4.74 Å². The predicted octanol–water partition coefficient (Wildman–Crippen LogP) is 3.74. The maximum absolute atomic E-state index is 12.5. The Morgan fingerprint density at radius 1 is 1.30 bits per heavy atom. The quantitative estimate of drug-likeness (QED) is 0.414. The highest BCUT2D eigenvalue weighted by molar-refractivity contribution is 7.18. The summed E-state index contributed by atoms with van der Waals surface area (Å²) in [6.07, 6.45) is -0.823. The summed E-state index contributed by atoms with van der Waals surface area (Å²) in [5.74, 6) is -0.491. The highest BCUT2D eigenvalue weighted by Gasteiger charge is 2.23. The van der Waals surface area contributed by atoms with Crippen LogP contribution in [-0.4, -0.2) is 20.9 Å². The standard InChI is InChI=1S/C18H17N3O5S/c1-8-11(4)27-17-14(8)16(22)19-15(20-17)10(3)26-18(23)12-6-5-7-13(9(12)2)21(24)25/h5-7,10H,1-4H3,(H,19,20,22)/t10-/m1/s1. The van der Waals surface area contributed by atoms with Crippen LogP contribution in [0, 0.1) is 30.9 Å². The van der Waals surface area contributed by atoms with Crippen LogP contribution >= 0.6 is 11.3 Å². The fourth-order valence-corrected chi connectivity index (χ4v) is 3.82. The first-order valence-corrected chi connectivity index (χ1v) is 8.97. The van der Waals surface area contributed by atoms with Gasteiger partial charge in [0.25, 0.3) is 11.2 Å². The Balaban J connectivity index is 1.92. The summed E-state index contributed by atoms with van der Waals surface area (Å²) < 4.78 is 5.39. The smallest absolute Gasteiger partial charge is 0.339 e. The van der Waals surface area contributed by atoms with Crippen molar-refractivity contribution < 1.29 is 14.5 Å². The number of aryl methyl sites for hydroxylation is 2. The van der Waals surface area contributed by atoms with E-state index >= 15 is 0 Å². The van der Waals surface area contributed by atoms with Crippen molar-refractivity contribution in [1.29, 1.82) is 0 Å². The van der Waals surface area contributed by atoms with E-state index in [1.54, 1.807) is 6.92 Å². The molecule has 0 aliphatic heterocycles. The van der Waals surface area contributed by atoms with Gasteiger partial charge >= 0.3 is 5.97 Å². The van der Waals surface area contributed by atoms with E-state index < -0.39 is 17.0 Å². The Bertz CT molecular complexity index is 1130. The number of hydrogen-bond acceptors (Lipinski definition) is 7. The van der Waals surface area contributed by atoms with Crippen molar-refractivity contribution in [2.75, 3.05) is 0 Å². The van der Waals surface area contributed by atoms with Crippen LogP contribution < -0.4 is 5.56 Å². The fourth-order valence-electron chi connectivity index (χ4n) is 2.79. The predicted molar refractivity (Wildman–Crippen MR) is 101 cm³/mol. The lowest BCUT2D eigenvalue weighted by molar-refractivity contribution is -0.385. The van der Waals surface area contributed by atoms with Crippen molar-refractivity contribution in [2.45, 2.75) is 33.8 Å². The van der Waals surface area contributed by atoms with E-state index in [0.717, 1.165) is 10.4 Å². The third-order valence-corrected chi connectivity index (χ3v) is 5.55. The van der Waals surface area contributed by atoms with Gasteiger partial charge in [0.05, 0.1) is 15.9 Å². The summed E-state index contributed by atoms with van der Waals surface area (Å²) in [4.78, 5) is 44.0. The maximum Gasteiger partial charge on any atom is 0.339 e.